The van der Waals surface area contributed by atoms with Gasteiger partial charge in [-0.05, 0) is 12.8 Å². The number of hydrogen-bond acceptors (Lipinski definition) is 4. The standard InChI is InChI=1S/C9H19NO3S/c1-8(2)10-9(7-11)3-5-14(12,13)6-4-9/h8,10-11H,3-7H2,1-2H3. The normalized spacial score (nSPS) is 25.1. The van der Waals surface area contributed by atoms with E-state index in [0.717, 1.165) is 0 Å². The third-order valence-corrected chi connectivity index (χ3v) is 4.33. The van der Waals surface area contributed by atoms with Gasteiger partial charge in [0.1, 0.15) is 9.84 Å². The molecule has 14 heavy (non-hydrogen) atoms. The Morgan fingerprint density at radius 3 is 2.21 bits per heavy atom. The van der Waals surface area contributed by atoms with Crippen LogP contribution >= 0.6 is 0 Å². The van der Waals surface area contributed by atoms with Gasteiger partial charge in [0, 0.05) is 11.6 Å². The lowest BCUT2D eigenvalue weighted by atomic mass is 9.92. The maximum absolute atomic E-state index is 11.2. The van der Waals surface area contributed by atoms with E-state index in [0.29, 0.717) is 12.8 Å². The number of aliphatic hydroxyl groups is 1. The second-order valence-corrected chi connectivity index (χ2v) is 6.69. The summed E-state index contributed by atoms with van der Waals surface area (Å²) in [6.45, 7) is 4.02. The topological polar surface area (TPSA) is 66.4 Å². The average Bonchev–Trinajstić information content (AvgIpc) is 2.09. The van der Waals surface area contributed by atoms with E-state index in [1.807, 2.05) is 13.8 Å². The zero-order chi connectivity index (χ0) is 10.8. The molecule has 1 rings (SSSR count). The number of hydrogen-bond donors (Lipinski definition) is 2. The number of rotatable bonds is 3. The third kappa shape index (κ3) is 2.93. The van der Waals surface area contributed by atoms with Gasteiger partial charge in [0.15, 0.2) is 0 Å². The Morgan fingerprint density at radius 2 is 1.86 bits per heavy atom. The van der Waals surface area contributed by atoms with E-state index >= 15 is 0 Å². The smallest absolute Gasteiger partial charge is 0.150 e. The summed E-state index contributed by atoms with van der Waals surface area (Å²) in [7, 11) is -2.85. The fraction of sp³-hybridized carbons (Fsp3) is 1.00. The summed E-state index contributed by atoms with van der Waals surface area (Å²) in [5.41, 5.74) is -0.376. The monoisotopic (exact) mass is 221 g/mol. The number of sulfone groups is 1. The van der Waals surface area contributed by atoms with Crippen LogP contribution in [0.3, 0.4) is 0 Å². The Balaban J connectivity index is 2.66. The van der Waals surface area contributed by atoms with Crippen LogP contribution in [0.1, 0.15) is 26.7 Å². The highest BCUT2D eigenvalue weighted by Gasteiger charge is 2.36. The van der Waals surface area contributed by atoms with Gasteiger partial charge in [0.25, 0.3) is 0 Å². The summed E-state index contributed by atoms with van der Waals surface area (Å²) in [5, 5.41) is 12.6. The second-order valence-electron chi connectivity index (χ2n) is 4.39. The van der Waals surface area contributed by atoms with E-state index < -0.39 is 9.84 Å². The first kappa shape index (κ1) is 11.9. The van der Waals surface area contributed by atoms with Crippen molar-refractivity contribution in [2.24, 2.45) is 0 Å². The SMILES string of the molecule is CC(C)NC1(CO)CCS(=O)(=O)CC1. The molecular formula is C9H19NO3S. The van der Waals surface area contributed by atoms with Gasteiger partial charge in [-0.2, -0.15) is 0 Å². The molecule has 4 nitrogen and oxygen atoms in total. The molecule has 0 amide bonds. The molecule has 1 aliphatic rings. The largest absolute Gasteiger partial charge is 0.394 e. The highest BCUT2D eigenvalue weighted by Crippen LogP contribution is 2.23. The van der Waals surface area contributed by atoms with Crippen LogP contribution < -0.4 is 5.32 Å². The van der Waals surface area contributed by atoms with Crippen LogP contribution in [0.4, 0.5) is 0 Å². The van der Waals surface area contributed by atoms with Crippen molar-refractivity contribution < 1.29 is 13.5 Å². The summed E-state index contributed by atoms with van der Waals surface area (Å²) in [4.78, 5) is 0. The van der Waals surface area contributed by atoms with E-state index in [-0.39, 0.29) is 29.7 Å². The predicted molar refractivity (Wildman–Crippen MR) is 56.0 cm³/mol. The molecule has 0 spiro atoms. The minimum absolute atomic E-state index is 0.0146. The molecule has 0 unspecified atom stereocenters. The maximum atomic E-state index is 11.2. The van der Waals surface area contributed by atoms with Crippen molar-refractivity contribution in [2.45, 2.75) is 38.3 Å². The van der Waals surface area contributed by atoms with Gasteiger partial charge in [-0.25, -0.2) is 8.42 Å². The summed E-state index contributed by atoms with van der Waals surface area (Å²) < 4.78 is 22.5. The quantitative estimate of drug-likeness (QED) is 0.700. The van der Waals surface area contributed by atoms with Crippen LogP contribution in [0.15, 0.2) is 0 Å². The lowest BCUT2D eigenvalue weighted by molar-refractivity contribution is 0.140. The molecular weight excluding hydrogens is 202 g/mol. The van der Waals surface area contributed by atoms with E-state index in [9.17, 15) is 13.5 Å². The first-order valence-corrected chi connectivity index (χ1v) is 6.80. The minimum Gasteiger partial charge on any atom is -0.394 e. The lowest BCUT2D eigenvalue weighted by Crippen LogP contribution is -2.55. The van der Waals surface area contributed by atoms with Crippen LogP contribution in [0, 0.1) is 0 Å². The van der Waals surface area contributed by atoms with Crippen LogP contribution in [0.25, 0.3) is 0 Å². The minimum atomic E-state index is -2.85. The number of aliphatic hydroxyl groups excluding tert-OH is 1. The Bertz CT molecular complexity index is 270. The van der Waals surface area contributed by atoms with Crippen LogP contribution in [0.5, 0.6) is 0 Å². The van der Waals surface area contributed by atoms with Crippen LogP contribution in [0.2, 0.25) is 0 Å². The first-order valence-electron chi connectivity index (χ1n) is 4.98. The summed E-state index contributed by atoms with van der Waals surface area (Å²) in [6.07, 6.45) is 1.04. The van der Waals surface area contributed by atoms with Crippen molar-refractivity contribution in [3.05, 3.63) is 0 Å². The molecule has 0 aromatic heterocycles. The Kier molecular flexibility index (Phi) is 3.55. The number of nitrogens with one attached hydrogen (secondary N) is 1. The van der Waals surface area contributed by atoms with Gasteiger partial charge >= 0.3 is 0 Å². The van der Waals surface area contributed by atoms with Gasteiger partial charge in [0.05, 0.1) is 18.1 Å². The molecule has 84 valence electrons. The highest BCUT2D eigenvalue weighted by molar-refractivity contribution is 7.91. The van der Waals surface area contributed by atoms with Crippen molar-refractivity contribution in [3.8, 4) is 0 Å². The molecule has 1 fully saturated rings. The van der Waals surface area contributed by atoms with E-state index in [2.05, 4.69) is 5.32 Å². The van der Waals surface area contributed by atoms with Crippen LogP contribution in [-0.4, -0.2) is 43.2 Å². The summed E-state index contributed by atoms with van der Waals surface area (Å²) >= 11 is 0. The van der Waals surface area contributed by atoms with E-state index in [1.54, 1.807) is 0 Å². The molecule has 0 atom stereocenters. The zero-order valence-electron chi connectivity index (χ0n) is 8.78. The highest BCUT2D eigenvalue weighted by atomic mass is 32.2. The Morgan fingerprint density at radius 1 is 1.36 bits per heavy atom. The van der Waals surface area contributed by atoms with Gasteiger partial charge < -0.3 is 10.4 Å². The Labute approximate surface area is 85.6 Å². The van der Waals surface area contributed by atoms with Gasteiger partial charge in [0.2, 0.25) is 0 Å². The lowest BCUT2D eigenvalue weighted by Gasteiger charge is -2.38. The van der Waals surface area contributed by atoms with Crippen molar-refractivity contribution in [2.75, 3.05) is 18.1 Å². The van der Waals surface area contributed by atoms with Gasteiger partial charge in [-0.3, -0.25) is 0 Å². The molecule has 1 heterocycles. The molecule has 5 heteroatoms. The van der Waals surface area contributed by atoms with Crippen molar-refractivity contribution in [1.82, 2.24) is 5.32 Å². The predicted octanol–water partition coefficient (Wildman–Crippen LogP) is -0.0759. The molecule has 0 aliphatic carbocycles. The van der Waals surface area contributed by atoms with Crippen molar-refractivity contribution >= 4 is 9.84 Å². The van der Waals surface area contributed by atoms with Crippen molar-refractivity contribution in [3.63, 3.8) is 0 Å². The third-order valence-electron chi connectivity index (χ3n) is 2.68. The zero-order valence-corrected chi connectivity index (χ0v) is 9.60. The average molecular weight is 221 g/mol. The molecule has 0 radical (unpaired) electrons. The molecule has 0 aromatic carbocycles. The Hall–Kier alpha value is -0.130. The fourth-order valence-electron chi connectivity index (χ4n) is 1.89. The van der Waals surface area contributed by atoms with E-state index in [1.165, 1.54) is 0 Å². The molecule has 0 aromatic rings. The maximum Gasteiger partial charge on any atom is 0.150 e. The molecule has 0 saturated carbocycles. The first-order chi connectivity index (χ1) is 6.39. The molecule has 1 aliphatic heterocycles. The van der Waals surface area contributed by atoms with Gasteiger partial charge in [-0.1, -0.05) is 13.8 Å². The van der Waals surface area contributed by atoms with Crippen LogP contribution in [-0.2, 0) is 9.84 Å². The fourth-order valence-corrected chi connectivity index (χ4v) is 3.50. The second kappa shape index (κ2) is 4.16. The van der Waals surface area contributed by atoms with Crippen molar-refractivity contribution in [1.29, 1.82) is 0 Å². The summed E-state index contributed by atoms with van der Waals surface area (Å²) in [5.74, 6) is 0.376. The molecule has 1 saturated heterocycles. The van der Waals surface area contributed by atoms with E-state index in [4.69, 9.17) is 0 Å². The van der Waals surface area contributed by atoms with Gasteiger partial charge in [-0.15, -0.1) is 0 Å². The summed E-state index contributed by atoms with van der Waals surface area (Å²) in [6, 6.07) is 0.267. The molecule has 0 bridgehead atoms. The molecule has 2 N–H and O–H groups in total.